The molecule has 0 aliphatic heterocycles. The number of imidazole rings is 1. The van der Waals surface area contributed by atoms with E-state index in [1.807, 2.05) is 0 Å². The maximum absolute atomic E-state index is 12.6. The number of nitrogens with two attached hydrogens (primary N) is 1. The van der Waals surface area contributed by atoms with E-state index >= 15 is 0 Å². The Bertz CT molecular complexity index is 864. The minimum absolute atomic E-state index is 0.0705. The van der Waals surface area contributed by atoms with Gasteiger partial charge in [-0.15, -0.1) is 0 Å². The molecule has 3 N–H and O–H groups in total. The highest BCUT2D eigenvalue weighted by Gasteiger charge is 2.21. The van der Waals surface area contributed by atoms with Gasteiger partial charge in [0.15, 0.2) is 11.4 Å². The van der Waals surface area contributed by atoms with Crippen LogP contribution in [0.2, 0.25) is 0 Å². The van der Waals surface area contributed by atoms with E-state index < -0.39 is 0 Å². The second-order valence-corrected chi connectivity index (χ2v) is 5.98. The van der Waals surface area contributed by atoms with Gasteiger partial charge < -0.3 is 15.5 Å². The average molecular weight is 326 g/mol. The van der Waals surface area contributed by atoms with Crippen molar-refractivity contribution in [2.24, 2.45) is 0 Å². The Labute approximate surface area is 138 Å². The summed E-state index contributed by atoms with van der Waals surface area (Å²) in [7, 11) is 0. The Morgan fingerprint density at radius 1 is 1.29 bits per heavy atom. The first kappa shape index (κ1) is 14.7. The zero-order valence-electron chi connectivity index (χ0n) is 13.1. The third kappa shape index (κ3) is 2.60. The lowest BCUT2D eigenvalue weighted by atomic mass is 9.96. The fourth-order valence-corrected chi connectivity index (χ4v) is 3.14. The van der Waals surface area contributed by atoms with Crippen molar-refractivity contribution in [3.63, 3.8) is 0 Å². The molecule has 0 saturated heterocycles. The number of carbonyl (C=O) groups excluding carboxylic acids is 1. The maximum atomic E-state index is 12.6. The first-order chi connectivity index (χ1) is 11.7. The van der Waals surface area contributed by atoms with Crippen LogP contribution in [0, 0.1) is 0 Å². The summed E-state index contributed by atoms with van der Waals surface area (Å²) in [5, 5.41) is 3.05. The number of amides is 1. The fourth-order valence-electron chi connectivity index (χ4n) is 3.14. The van der Waals surface area contributed by atoms with Gasteiger partial charge >= 0.3 is 6.03 Å². The molecule has 8 nitrogen and oxygen atoms in total. The smallest absolute Gasteiger partial charge is 0.328 e. The largest absolute Gasteiger partial charge is 0.463 e. The summed E-state index contributed by atoms with van der Waals surface area (Å²) in [6.45, 7) is 0. The number of anilines is 1. The molecule has 0 aromatic carbocycles. The third-order valence-electron chi connectivity index (χ3n) is 4.32. The third-order valence-corrected chi connectivity index (χ3v) is 4.32. The molecule has 1 fully saturated rings. The molecule has 3 aromatic heterocycles. The number of furan rings is 1. The van der Waals surface area contributed by atoms with E-state index in [0.29, 0.717) is 22.6 Å². The van der Waals surface area contributed by atoms with Crippen molar-refractivity contribution >= 4 is 23.1 Å². The van der Waals surface area contributed by atoms with Gasteiger partial charge in [0.05, 0.1) is 6.26 Å². The van der Waals surface area contributed by atoms with E-state index in [4.69, 9.17) is 10.2 Å². The number of rotatable bonds is 2. The summed E-state index contributed by atoms with van der Waals surface area (Å²) in [5.41, 5.74) is 7.15. The molecular formula is C16H18N6O2. The van der Waals surface area contributed by atoms with Crippen molar-refractivity contribution in [2.75, 3.05) is 5.73 Å². The standard InChI is InChI=1S/C16H18N6O2/c17-15-20-12(11-7-4-8-24-11)13-14(21-15)22(9-18-13)16(23)19-10-5-2-1-3-6-10/h4,7-10H,1-3,5-6H2,(H,19,23)(H2,17,20,21). The molecule has 8 heteroatoms. The molecule has 1 aliphatic carbocycles. The van der Waals surface area contributed by atoms with Crippen molar-refractivity contribution in [1.29, 1.82) is 0 Å². The van der Waals surface area contributed by atoms with Crippen LogP contribution in [0.1, 0.15) is 32.1 Å². The summed E-state index contributed by atoms with van der Waals surface area (Å²) >= 11 is 0. The Morgan fingerprint density at radius 3 is 2.88 bits per heavy atom. The molecule has 0 bridgehead atoms. The summed E-state index contributed by atoms with van der Waals surface area (Å²) in [6.07, 6.45) is 8.54. The lowest BCUT2D eigenvalue weighted by Gasteiger charge is -2.22. The molecule has 1 amide bonds. The van der Waals surface area contributed by atoms with Gasteiger partial charge in [0.1, 0.15) is 17.5 Å². The van der Waals surface area contributed by atoms with Gasteiger partial charge in [-0.2, -0.15) is 4.98 Å². The molecule has 4 rings (SSSR count). The van der Waals surface area contributed by atoms with Gasteiger partial charge in [0, 0.05) is 6.04 Å². The minimum atomic E-state index is -0.243. The van der Waals surface area contributed by atoms with Crippen LogP contribution in [0.25, 0.3) is 22.6 Å². The number of hydrogen-bond acceptors (Lipinski definition) is 6. The average Bonchev–Trinajstić information content (AvgIpc) is 3.24. The van der Waals surface area contributed by atoms with Gasteiger partial charge in [-0.3, -0.25) is 0 Å². The highest BCUT2D eigenvalue weighted by Crippen LogP contribution is 2.26. The van der Waals surface area contributed by atoms with Crippen molar-refractivity contribution in [1.82, 2.24) is 24.8 Å². The predicted octanol–water partition coefficient (Wildman–Crippen LogP) is 2.56. The second-order valence-electron chi connectivity index (χ2n) is 5.98. The van der Waals surface area contributed by atoms with Crippen LogP contribution in [0.15, 0.2) is 29.1 Å². The lowest BCUT2D eigenvalue weighted by Crippen LogP contribution is -2.38. The van der Waals surface area contributed by atoms with Gasteiger partial charge in [-0.25, -0.2) is 19.3 Å². The fraction of sp³-hybridized carbons (Fsp3) is 0.375. The Balaban J connectivity index is 1.70. The highest BCUT2D eigenvalue weighted by molar-refractivity contribution is 5.93. The predicted molar refractivity (Wildman–Crippen MR) is 88.2 cm³/mol. The normalized spacial score (nSPS) is 15.7. The van der Waals surface area contributed by atoms with E-state index in [9.17, 15) is 4.79 Å². The van der Waals surface area contributed by atoms with Crippen LogP contribution in [0.4, 0.5) is 10.7 Å². The minimum Gasteiger partial charge on any atom is -0.463 e. The topological polar surface area (TPSA) is 112 Å². The molecule has 24 heavy (non-hydrogen) atoms. The molecule has 1 aliphatic rings. The summed E-state index contributed by atoms with van der Waals surface area (Å²) < 4.78 is 6.76. The van der Waals surface area contributed by atoms with Crippen LogP contribution < -0.4 is 11.1 Å². The number of hydrogen-bond donors (Lipinski definition) is 2. The Hall–Kier alpha value is -2.90. The quantitative estimate of drug-likeness (QED) is 0.748. The van der Waals surface area contributed by atoms with Crippen molar-refractivity contribution in [3.8, 4) is 11.5 Å². The lowest BCUT2D eigenvalue weighted by molar-refractivity contribution is 0.235. The van der Waals surface area contributed by atoms with Crippen LogP contribution >= 0.6 is 0 Å². The van der Waals surface area contributed by atoms with E-state index in [2.05, 4.69) is 20.3 Å². The first-order valence-electron chi connectivity index (χ1n) is 8.07. The van der Waals surface area contributed by atoms with Crippen LogP contribution in [0.5, 0.6) is 0 Å². The molecule has 124 valence electrons. The molecular weight excluding hydrogens is 308 g/mol. The zero-order chi connectivity index (χ0) is 16.5. The van der Waals surface area contributed by atoms with Crippen molar-refractivity contribution in [3.05, 3.63) is 24.7 Å². The first-order valence-corrected chi connectivity index (χ1v) is 8.07. The highest BCUT2D eigenvalue weighted by atomic mass is 16.3. The summed E-state index contributed by atoms with van der Waals surface area (Å²) in [6, 6.07) is 3.48. The number of nitrogens with zero attached hydrogens (tertiary/aromatic N) is 4. The number of nitrogens with one attached hydrogen (secondary N) is 1. The van der Waals surface area contributed by atoms with Crippen molar-refractivity contribution in [2.45, 2.75) is 38.1 Å². The second kappa shape index (κ2) is 5.95. The van der Waals surface area contributed by atoms with Gasteiger partial charge in [0.25, 0.3) is 0 Å². The van der Waals surface area contributed by atoms with Crippen LogP contribution in [0.3, 0.4) is 0 Å². The van der Waals surface area contributed by atoms with Crippen molar-refractivity contribution < 1.29 is 9.21 Å². The Morgan fingerprint density at radius 2 is 2.12 bits per heavy atom. The number of aromatic nitrogens is 4. The SMILES string of the molecule is Nc1nc(-c2ccco2)c2ncn(C(=O)NC3CCCCC3)c2n1. The van der Waals surface area contributed by atoms with E-state index in [1.54, 1.807) is 18.4 Å². The molecule has 0 radical (unpaired) electrons. The number of fused-ring (bicyclic) bond motifs is 1. The molecule has 0 unspecified atom stereocenters. The van der Waals surface area contributed by atoms with Crippen LogP contribution in [-0.4, -0.2) is 31.6 Å². The maximum Gasteiger partial charge on any atom is 0.328 e. The van der Waals surface area contributed by atoms with Gasteiger partial charge in [-0.05, 0) is 25.0 Å². The van der Waals surface area contributed by atoms with E-state index in [0.717, 1.165) is 25.7 Å². The molecule has 3 aromatic rings. The molecule has 0 atom stereocenters. The van der Waals surface area contributed by atoms with Gasteiger partial charge in [0.2, 0.25) is 5.95 Å². The molecule has 3 heterocycles. The Kier molecular flexibility index (Phi) is 3.64. The summed E-state index contributed by atoms with van der Waals surface area (Å²) in [5.74, 6) is 0.605. The van der Waals surface area contributed by atoms with E-state index in [1.165, 1.54) is 17.3 Å². The summed E-state index contributed by atoms with van der Waals surface area (Å²) in [4.78, 5) is 25.3. The van der Waals surface area contributed by atoms with Crippen LogP contribution in [-0.2, 0) is 0 Å². The van der Waals surface area contributed by atoms with E-state index in [-0.39, 0.29) is 18.0 Å². The molecule has 1 saturated carbocycles. The zero-order valence-corrected chi connectivity index (χ0v) is 13.1. The number of carbonyl (C=O) groups is 1. The van der Waals surface area contributed by atoms with Gasteiger partial charge in [-0.1, -0.05) is 19.3 Å². The molecule has 0 spiro atoms. The number of nitrogen functional groups attached to an aromatic ring is 1. The monoisotopic (exact) mass is 326 g/mol.